The maximum absolute atomic E-state index is 14.7. The summed E-state index contributed by atoms with van der Waals surface area (Å²) in [5.41, 5.74) is 4.58. The molecule has 0 spiro atoms. The lowest BCUT2D eigenvalue weighted by Crippen LogP contribution is -2.55. The predicted octanol–water partition coefficient (Wildman–Crippen LogP) is 5.30. The van der Waals surface area contributed by atoms with E-state index in [9.17, 15) is 33.6 Å². The van der Waals surface area contributed by atoms with Gasteiger partial charge in [-0.3, -0.25) is 28.8 Å². The number of likely N-dealkylation sites (N-methyl/N-ethyl adjacent to an activating group) is 2. The zero-order valence-electron chi connectivity index (χ0n) is 48.0. The van der Waals surface area contributed by atoms with Crippen LogP contribution in [0.25, 0.3) is 0 Å². The lowest BCUT2D eigenvalue weighted by Gasteiger charge is -2.31. The van der Waals surface area contributed by atoms with Gasteiger partial charge in [-0.2, -0.15) is 0 Å². The Morgan fingerprint density at radius 3 is 1.32 bits per heavy atom. The largest absolute Gasteiger partial charge is 0.488 e. The molecule has 19 heteroatoms. The van der Waals surface area contributed by atoms with Gasteiger partial charge in [0.1, 0.15) is 47.9 Å². The zero-order chi connectivity index (χ0) is 58.0. The number of unbranched alkanes of at least 4 members (excludes halogenated alkanes) is 2. The van der Waals surface area contributed by atoms with E-state index in [2.05, 4.69) is 54.7 Å². The van der Waals surface area contributed by atoms with Crippen LogP contribution in [0.1, 0.15) is 125 Å². The van der Waals surface area contributed by atoms with Crippen LogP contribution >= 0.6 is 0 Å². The van der Waals surface area contributed by atoms with Gasteiger partial charge in [-0.15, -0.1) is 0 Å². The highest BCUT2D eigenvalue weighted by atomic mass is 16.5. The van der Waals surface area contributed by atoms with Crippen molar-refractivity contribution in [2.24, 2.45) is 0 Å². The van der Waals surface area contributed by atoms with Crippen LogP contribution in [-0.2, 0) is 41.6 Å². The number of rotatable bonds is 26. The molecule has 2 aliphatic heterocycles. The first-order valence-corrected chi connectivity index (χ1v) is 29.6. The molecular formula is C63H84N10O9. The Labute approximate surface area is 482 Å². The normalized spacial score (nSPS) is 21.5. The Kier molecular flexibility index (Phi) is 22.2. The summed E-state index contributed by atoms with van der Waals surface area (Å²) in [5.74, 6) is -0.728. The predicted molar refractivity (Wildman–Crippen MR) is 312 cm³/mol. The van der Waals surface area contributed by atoms with Crippen molar-refractivity contribution < 1.29 is 43.0 Å². The van der Waals surface area contributed by atoms with E-state index in [0.29, 0.717) is 37.2 Å². The van der Waals surface area contributed by atoms with Crippen LogP contribution in [0, 0.1) is 0 Å². The maximum Gasteiger partial charge on any atom is 0.314 e. The van der Waals surface area contributed by atoms with E-state index >= 15 is 0 Å². The van der Waals surface area contributed by atoms with E-state index in [-0.39, 0.29) is 105 Å². The van der Waals surface area contributed by atoms with Crippen LogP contribution in [-0.4, -0.2) is 140 Å². The van der Waals surface area contributed by atoms with Crippen molar-refractivity contribution in [2.75, 3.05) is 40.3 Å². The molecule has 2 fully saturated rings. The smallest absolute Gasteiger partial charge is 0.314 e. The first-order valence-electron chi connectivity index (χ1n) is 29.6. The molecule has 8 N–H and O–H groups in total. The van der Waals surface area contributed by atoms with Gasteiger partial charge >= 0.3 is 6.03 Å². The third-order valence-electron chi connectivity index (χ3n) is 16.5. The topological polar surface area (TPSA) is 241 Å². The lowest BCUT2D eigenvalue weighted by atomic mass is 9.87. The number of benzene rings is 4. The average Bonchev–Trinajstić information content (AvgIpc) is 4.19. The van der Waals surface area contributed by atoms with Crippen LogP contribution < -0.4 is 52.0 Å². The molecule has 2 heterocycles. The number of nitrogens with zero attached hydrogens (tertiary/aromatic N) is 2. The van der Waals surface area contributed by atoms with Gasteiger partial charge in [0, 0.05) is 25.9 Å². The minimum absolute atomic E-state index is 0.156. The number of hydrogen-bond donors (Lipinski definition) is 8. The second-order valence-corrected chi connectivity index (χ2v) is 22.2. The first kappa shape index (κ1) is 60.6. The van der Waals surface area contributed by atoms with E-state index in [0.717, 1.165) is 49.7 Å². The van der Waals surface area contributed by atoms with Crippen LogP contribution in [0.15, 0.2) is 109 Å². The van der Waals surface area contributed by atoms with Gasteiger partial charge < -0.3 is 61.8 Å². The molecule has 2 aliphatic carbocycles. The molecule has 0 aromatic heterocycles. The second kappa shape index (κ2) is 30.0. The van der Waals surface area contributed by atoms with E-state index in [1.807, 2.05) is 97.1 Å². The molecule has 10 atom stereocenters. The number of nitrogens with one attached hydrogen (secondary N) is 8. The summed E-state index contributed by atoms with van der Waals surface area (Å²) in [6.45, 7) is 4.31. The van der Waals surface area contributed by atoms with Crippen LogP contribution in [0.3, 0.4) is 0 Å². The van der Waals surface area contributed by atoms with E-state index in [4.69, 9.17) is 9.47 Å². The number of carbonyl (C=O) groups excluding carboxylic acids is 7. The summed E-state index contributed by atoms with van der Waals surface area (Å²) < 4.78 is 12.7. The van der Waals surface area contributed by atoms with E-state index in [1.165, 1.54) is 11.1 Å². The molecule has 82 heavy (non-hydrogen) atoms. The number of aryl methyl sites for hydroxylation is 2. The highest BCUT2D eigenvalue weighted by Crippen LogP contribution is 2.33. The number of amides is 8. The number of ether oxygens (including phenoxy) is 2. The fraction of sp³-hybridized carbons (Fsp3) is 0.508. The Hall–Kier alpha value is -7.51. The van der Waals surface area contributed by atoms with Crippen molar-refractivity contribution in [2.45, 2.75) is 164 Å². The first-order chi connectivity index (χ1) is 39.8. The summed E-state index contributed by atoms with van der Waals surface area (Å²) in [4.78, 5) is 101. The summed E-state index contributed by atoms with van der Waals surface area (Å²) >= 11 is 0. The van der Waals surface area contributed by atoms with Crippen LogP contribution in [0.5, 0.6) is 11.5 Å². The summed E-state index contributed by atoms with van der Waals surface area (Å²) in [6.07, 6.45) is 7.40. The monoisotopic (exact) mass is 1120 g/mol. The molecule has 0 bridgehead atoms. The molecule has 4 aromatic carbocycles. The lowest BCUT2D eigenvalue weighted by molar-refractivity contribution is -0.142. The Bertz CT molecular complexity index is 2600. The summed E-state index contributed by atoms with van der Waals surface area (Å²) in [7, 11) is 3.33. The highest BCUT2D eigenvalue weighted by Gasteiger charge is 2.46. The Morgan fingerprint density at radius 1 is 0.524 bits per heavy atom. The molecule has 19 nitrogen and oxygen atoms in total. The third kappa shape index (κ3) is 16.4. The van der Waals surface area contributed by atoms with Crippen molar-refractivity contribution in [1.82, 2.24) is 52.3 Å². The molecular weight excluding hydrogens is 1040 g/mol. The van der Waals surface area contributed by atoms with Gasteiger partial charge in [-0.1, -0.05) is 84.9 Å². The molecule has 8 amide bonds. The van der Waals surface area contributed by atoms with Gasteiger partial charge in [-0.05, 0) is 152 Å². The molecule has 2 saturated heterocycles. The number of para-hydroxylation sites is 2. The zero-order valence-corrected chi connectivity index (χ0v) is 48.0. The molecule has 0 radical (unpaired) electrons. The summed E-state index contributed by atoms with van der Waals surface area (Å²) in [5, 5.41) is 24.1. The fourth-order valence-corrected chi connectivity index (χ4v) is 11.7. The van der Waals surface area contributed by atoms with Crippen molar-refractivity contribution in [3.8, 4) is 11.5 Å². The van der Waals surface area contributed by atoms with Gasteiger partial charge in [0.2, 0.25) is 35.4 Å². The van der Waals surface area contributed by atoms with Crippen molar-refractivity contribution in [1.29, 1.82) is 0 Å². The molecule has 8 rings (SSSR count). The minimum Gasteiger partial charge on any atom is -0.488 e. The van der Waals surface area contributed by atoms with Crippen LogP contribution in [0.4, 0.5) is 4.79 Å². The minimum atomic E-state index is -0.947. The number of hydrogen-bond acceptors (Lipinski definition) is 11. The maximum atomic E-state index is 14.7. The molecule has 440 valence electrons. The number of fused-ring (bicyclic) bond motifs is 2. The molecule has 4 aliphatic rings. The van der Waals surface area contributed by atoms with Crippen molar-refractivity contribution in [3.63, 3.8) is 0 Å². The molecule has 4 aromatic rings. The van der Waals surface area contributed by atoms with Crippen LogP contribution in [0.2, 0.25) is 0 Å². The van der Waals surface area contributed by atoms with E-state index < -0.39 is 48.5 Å². The molecule has 0 saturated carbocycles. The van der Waals surface area contributed by atoms with Gasteiger partial charge in [0.05, 0.1) is 37.3 Å². The van der Waals surface area contributed by atoms with Gasteiger partial charge in [-0.25, -0.2) is 4.79 Å². The van der Waals surface area contributed by atoms with Gasteiger partial charge in [0.15, 0.2) is 0 Å². The fourth-order valence-electron chi connectivity index (χ4n) is 11.7. The Morgan fingerprint density at radius 2 is 0.915 bits per heavy atom. The third-order valence-corrected chi connectivity index (χ3v) is 16.5. The van der Waals surface area contributed by atoms with E-state index in [1.54, 1.807) is 37.7 Å². The number of carbonyl (C=O) groups is 7. The summed E-state index contributed by atoms with van der Waals surface area (Å²) in [6, 6.07) is 29.4. The Balaban J connectivity index is 0.843. The average molecular weight is 1130 g/mol. The molecule has 0 unspecified atom stereocenters. The van der Waals surface area contributed by atoms with Gasteiger partial charge in [0.25, 0.3) is 0 Å². The second-order valence-electron chi connectivity index (χ2n) is 22.2. The standard InChI is InChI=1S/C63H84N10O9/c1-41(64-3)57(74)70-53(61(78)72-39-47(81-45-25-7-5-8-26-45)37-55(72)59(76)68-51-33-19-23-43-21-11-13-29-49(43)51)31-15-17-35-66-63(80)67-36-18-16-32-54(71-58(75)42(2)65-4)62(79)73-40-48(82-46-27-9-6-10-28-46)38-56(73)60(77)69-52-34-20-24-44-22-12-14-30-50(44)52/h5-14,21-22,25-30,41-42,47-48,51-56,64-65H,15-20,23-24,31-40H2,1-4H3,(H,68,76)(H,69,77)(H,70,74)(H,71,75)(H2,66,67,80)/t41-,42-,47-,48-,51+,52+,53-,54-,55-,56-/m0/s1. The number of likely N-dealkylation sites (tertiary alicyclic amines) is 2. The SMILES string of the molecule is CN[C@@H](C)C(=O)N[C@@H](CCCCNC(=O)NCCCC[C@H](NC(=O)[C@H](C)NC)C(=O)N1C[C@@H](Oc2ccccc2)C[C@H]1C(=O)N[C@@H]1CCCc2ccccc21)C(=O)N1C[C@@H](Oc2ccccc2)C[C@H]1C(=O)N[C@@H]1CCCc2ccccc21. The number of urea groups is 1. The highest BCUT2D eigenvalue weighted by molar-refractivity contribution is 5.95. The van der Waals surface area contributed by atoms with Crippen molar-refractivity contribution >= 4 is 41.5 Å². The van der Waals surface area contributed by atoms with Crippen molar-refractivity contribution in [3.05, 3.63) is 131 Å². The quantitative estimate of drug-likeness (QED) is 0.0376.